The van der Waals surface area contributed by atoms with Crippen molar-refractivity contribution in [2.45, 2.75) is 26.2 Å². The molecule has 0 spiro atoms. The van der Waals surface area contributed by atoms with Gasteiger partial charge in [0.1, 0.15) is 5.69 Å². The fourth-order valence-corrected chi connectivity index (χ4v) is 1.65. The maximum atomic E-state index is 10.4. The molecule has 2 heteroatoms. The van der Waals surface area contributed by atoms with Crippen molar-refractivity contribution in [3.8, 4) is 0 Å². The van der Waals surface area contributed by atoms with Gasteiger partial charge in [0, 0.05) is 6.20 Å². The normalized spacial score (nSPS) is 12.5. The predicted molar refractivity (Wildman–Crippen MR) is 71.9 cm³/mol. The number of hydrogen-bond acceptors (Lipinski definition) is 2. The molecular formula is C15H19NO. The van der Waals surface area contributed by atoms with E-state index in [-0.39, 0.29) is 0 Å². The highest BCUT2D eigenvalue weighted by molar-refractivity contribution is 5.71. The second-order valence-electron chi connectivity index (χ2n) is 4.07. The number of aromatic nitrogens is 1. The average molecular weight is 229 g/mol. The summed E-state index contributed by atoms with van der Waals surface area (Å²) >= 11 is 0. The molecule has 0 aliphatic carbocycles. The van der Waals surface area contributed by atoms with Crippen LogP contribution in [0.25, 0.3) is 6.08 Å². The van der Waals surface area contributed by atoms with Crippen molar-refractivity contribution in [1.82, 2.24) is 4.98 Å². The molecule has 17 heavy (non-hydrogen) atoms. The van der Waals surface area contributed by atoms with E-state index in [1.54, 1.807) is 12.3 Å². The zero-order chi connectivity index (χ0) is 12.5. The minimum absolute atomic E-state index is 0.472. The Balaban J connectivity index is 2.51. The van der Waals surface area contributed by atoms with Gasteiger partial charge in [0.15, 0.2) is 6.29 Å². The summed E-state index contributed by atoms with van der Waals surface area (Å²) in [4.78, 5) is 14.5. The molecule has 1 rings (SSSR count). The average Bonchev–Trinajstić information content (AvgIpc) is 2.38. The van der Waals surface area contributed by atoms with Crippen LogP contribution in [0.2, 0.25) is 0 Å². The number of nitrogens with zero attached hydrogens (tertiary/aromatic N) is 1. The molecule has 0 aliphatic rings. The highest BCUT2D eigenvalue weighted by atomic mass is 16.1. The lowest BCUT2D eigenvalue weighted by atomic mass is 9.98. The van der Waals surface area contributed by atoms with Crippen molar-refractivity contribution in [2.24, 2.45) is 5.92 Å². The van der Waals surface area contributed by atoms with Crippen molar-refractivity contribution in [3.05, 3.63) is 48.3 Å². The van der Waals surface area contributed by atoms with Gasteiger partial charge < -0.3 is 0 Å². The van der Waals surface area contributed by atoms with Crippen LogP contribution in [0.3, 0.4) is 0 Å². The number of pyridine rings is 1. The number of aldehydes is 1. The Bertz CT molecular complexity index is 378. The highest BCUT2D eigenvalue weighted by Crippen LogP contribution is 2.15. The number of carbonyl (C=O) groups is 1. The largest absolute Gasteiger partial charge is 0.296 e. The summed E-state index contributed by atoms with van der Waals surface area (Å²) in [5.41, 5.74) is 1.50. The molecule has 0 saturated heterocycles. The van der Waals surface area contributed by atoms with Crippen LogP contribution in [0.4, 0.5) is 0 Å². The van der Waals surface area contributed by atoms with Gasteiger partial charge in [0.05, 0.1) is 0 Å². The molecule has 1 aromatic rings. The van der Waals surface area contributed by atoms with Gasteiger partial charge in [-0.1, -0.05) is 37.6 Å². The zero-order valence-corrected chi connectivity index (χ0v) is 10.3. The Morgan fingerprint density at radius 2 is 2.24 bits per heavy atom. The number of rotatable bonds is 7. The van der Waals surface area contributed by atoms with Gasteiger partial charge in [0.25, 0.3) is 0 Å². The van der Waals surface area contributed by atoms with E-state index in [9.17, 15) is 4.79 Å². The molecule has 1 heterocycles. The fraction of sp³-hybridized carbons (Fsp3) is 0.333. The maximum Gasteiger partial charge on any atom is 0.168 e. The van der Waals surface area contributed by atoms with E-state index in [0.29, 0.717) is 11.6 Å². The van der Waals surface area contributed by atoms with E-state index >= 15 is 0 Å². The highest BCUT2D eigenvalue weighted by Gasteiger charge is 2.00. The van der Waals surface area contributed by atoms with Crippen molar-refractivity contribution in [2.75, 3.05) is 0 Å². The molecule has 0 radical (unpaired) electrons. The molecule has 90 valence electrons. The van der Waals surface area contributed by atoms with E-state index in [1.165, 1.54) is 6.42 Å². The minimum Gasteiger partial charge on any atom is -0.296 e. The van der Waals surface area contributed by atoms with Gasteiger partial charge in [0.2, 0.25) is 0 Å². The van der Waals surface area contributed by atoms with Crippen LogP contribution in [-0.2, 0) is 0 Å². The van der Waals surface area contributed by atoms with Gasteiger partial charge in [-0.25, -0.2) is 0 Å². The quantitative estimate of drug-likeness (QED) is 0.524. The molecule has 0 N–H and O–H groups in total. The van der Waals surface area contributed by atoms with Gasteiger partial charge >= 0.3 is 0 Å². The zero-order valence-electron chi connectivity index (χ0n) is 10.3. The first-order valence-electron chi connectivity index (χ1n) is 5.98. The van der Waals surface area contributed by atoms with Crippen LogP contribution in [0, 0.1) is 5.92 Å². The summed E-state index contributed by atoms with van der Waals surface area (Å²) in [6.07, 6.45) is 11.9. The lowest BCUT2D eigenvalue weighted by Crippen LogP contribution is -1.94. The van der Waals surface area contributed by atoms with Crippen LogP contribution in [0.5, 0.6) is 0 Å². The minimum atomic E-state index is 0.472. The van der Waals surface area contributed by atoms with Gasteiger partial charge in [-0.05, 0) is 30.4 Å². The van der Waals surface area contributed by atoms with Gasteiger partial charge in [-0.3, -0.25) is 9.78 Å². The second-order valence-corrected chi connectivity index (χ2v) is 4.07. The molecule has 1 aromatic heterocycles. The van der Waals surface area contributed by atoms with Crippen molar-refractivity contribution >= 4 is 12.4 Å². The van der Waals surface area contributed by atoms with E-state index < -0.39 is 0 Å². The molecule has 0 fully saturated rings. The van der Waals surface area contributed by atoms with Crippen LogP contribution in [-0.4, -0.2) is 11.3 Å². The third-order valence-electron chi connectivity index (χ3n) is 2.79. The van der Waals surface area contributed by atoms with Crippen molar-refractivity contribution < 1.29 is 4.79 Å². The first kappa shape index (κ1) is 13.4. The van der Waals surface area contributed by atoms with Crippen LogP contribution in [0.1, 0.15) is 42.2 Å². The molecule has 2 nitrogen and oxygen atoms in total. The smallest absolute Gasteiger partial charge is 0.168 e. The first-order chi connectivity index (χ1) is 8.30. The van der Waals surface area contributed by atoms with Gasteiger partial charge in [-0.2, -0.15) is 0 Å². The summed E-state index contributed by atoms with van der Waals surface area (Å²) in [7, 11) is 0. The van der Waals surface area contributed by atoms with E-state index in [2.05, 4.69) is 24.6 Å². The second kappa shape index (κ2) is 7.55. The molecule has 1 unspecified atom stereocenters. The lowest BCUT2D eigenvalue weighted by molar-refractivity contribution is 0.111. The number of hydrogen-bond donors (Lipinski definition) is 0. The SMILES string of the molecule is C=CCC(CC)CC=Cc1ccc(C=O)nc1. The monoisotopic (exact) mass is 229 g/mol. The van der Waals surface area contributed by atoms with Crippen LogP contribution < -0.4 is 0 Å². The first-order valence-corrected chi connectivity index (χ1v) is 5.98. The van der Waals surface area contributed by atoms with Gasteiger partial charge in [-0.15, -0.1) is 6.58 Å². The lowest BCUT2D eigenvalue weighted by Gasteiger charge is -2.08. The molecule has 0 aromatic carbocycles. The van der Waals surface area contributed by atoms with Crippen molar-refractivity contribution in [1.29, 1.82) is 0 Å². The van der Waals surface area contributed by atoms with E-state index in [4.69, 9.17) is 0 Å². The topological polar surface area (TPSA) is 30.0 Å². The molecular weight excluding hydrogens is 210 g/mol. The fourth-order valence-electron chi connectivity index (χ4n) is 1.65. The van der Waals surface area contributed by atoms with E-state index in [1.807, 2.05) is 18.2 Å². The third kappa shape index (κ3) is 4.77. The maximum absolute atomic E-state index is 10.4. The number of allylic oxidation sites excluding steroid dienone is 2. The van der Waals surface area contributed by atoms with Crippen LogP contribution in [0.15, 0.2) is 37.1 Å². The summed E-state index contributed by atoms with van der Waals surface area (Å²) in [5.74, 6) is 0.672. The van der Waals surface area contributed by atoms with Crippen molar-refractivity contribution in [3.63, 3.8) is 0 Å². The molecule has 0 aliphatic heterocycles. The Kier molecular flexibility index (Phi) is 5.94. The standard InChI is InChI=1S/C15H19NO/c1-3-6-13(4-2)7-5-8-14-9-10-15(12-17)16-11-14/h3,5,8-13H,1,4,6-7H2,2H3. The molecule has 1 atom stereocenters. The van der Waals surface area contributed by atoms with Crippen LogP contribution >= 0.6 is 0 Å². The predicted octanol–water partition coefficient (Wildman–Crippen LogP) is 3.90. The Morgan fingerprint density at radius 1 is 1.41 bits per heavy atom. The summed E-state index contributed by atoms with van der Waals surface area (Å²) in [6, 6.07) is 3.63. The Morgan fingerprint density at radius 3 is 2.76 bits per heavy atom. The van der Waals surface area contributed by atoms with E-state index in [0.717, 1.165) is 24.7 Å². The molecule has 0 amide bonds. The summed E-state index contributed by atoms with van der Waals surface area (Å²) in [6.45, 7) is 5.96. The Labute approximate surface area is 103 Å². The molecule has 0 bridgehead atoms. The summed E-state index contributed by atoms with van der Waals surface area (Å²) in [5, 5.41) is 0. The third-order valence-corrected chi connectivity index (χ3v) is 2.79. The molecule has 0 saturated carbocycles. The summed E-state index contributed by atoms with van der Waals surface area (Å²) < 4.78 is 0. The Hall–Kier alpha value is -1.70. The number of carbonyl (C=O) groups excluding carboxylic acids is 1.